The highest BCUT2D eigenvalue weighted by atomic mass is 32.2. The summed E-state index contributed by atoms with van der Waals surface area (Å²) in [4.78, 5) is 36.3. The molecule has 0 saturated carbocycles. The molecule has 1 aromatic carbocycles. The number of ether oxygens (including phenoxy) is 1. The van der Waals surface area contributed by atoms with Crippen LogP contribution in [0.5, 0.6) is 0 Å². The Morgan fingerprint density at radius 3 is 2.39 bits per heavy atom. The summed E-state index contributed by atoms with van der Waals surface area (Å²) in [5, 5.41) is 3.95. The van der Waals surface area contributed by atoms with Crippen LogP contribution in [-0.2, 0) is 21.3 Å². The molecule has 10 heteroatoms. The van der Waals surface area contributed by atoms with Crippen LogP contribution < -0.4 is 10.3 Å². The lowest BCUT2D eigenvalue weighted by Crippen LogP contribution is -2.28. The van der Waals surface area contributed by atoms with Crippen molar-refractivity contribution in [3.05, 3.63) is 58.0 Å². The van der Waals surface area contributed by atoms with Crippen LogP contribution in [0.25, 0.3) is 0 Å². The van der Waals surface area contributed by atoms with Crippen molar-refractivity contribution in [1.29, 1.82) is 0 Å². The molecule has 1 N–H and O–H groups in total. The van der Waals surface area contributed by atoms with E-state index in [0.717, 1.165) is 10.9 Å². The zero-order chi connectivity index (χ0) is 20.9. The van der Waals surface area contributed by atoms with Gasteiger partial charge in [-0.2, -0.15) is 5.10 Å². The molecule has 0 saturated heterocycles. The summed E-state index contributed by atoms with van der Waals surface area (Å²) in [5.41, 5.74) is 0.167. The van der Waals surface area contributed by atoms with Crippen molar-refractivity contribution in [3.8, 4) is 0 Å². The van der Waals surface area contributed by atoms with Crippen molar-refractivity contribution < 1.29 is 22.7 Å². The molecule has 1 aromatic heterocycles. The molecule has 2 aromatic rings. The van der Waals surface area contributed by atoms with Gasteiger partial charge in [0.1, 0.15) is 0 Å². The summed E-state index contributed by atoms with van der Waals surface area (Å²) >= 11 is 0. The molecule has 0 bridgehead atoms. The Labute approximate surface area is 162 Å². The Morgan fingerprint density at radius 1 is 1.18 bits per heavy atom. The number of aromatic nitrogens is 2. The van der Waals surface area contributed by atoms with E-state index in [1.807, 2.05) is 6.92 Å². The third-order valence-corrected chi connectivity index (χ3v) is 4.24. The van der Waals surface area contributed by atoms with E-state index in [4.69, 9.17) is 4.74 Å². The summed E-state index contributed by atoms with van der Waals surface area (Å²) in [6, 6.07) is 8.20. The van der Waals surface area contributed by atoms with E-state index >= 15 is 0 Å². The Kier molecular flexibility index (Phi) is 6.68. The predicted octanol–water partition coefficient (Wildman–Crippen LogP) is 1.45. The number of carbonyl (C=O) groups excluding carboxylic acids is 2. The summed E-state index contributed by atoms with van der Waals surface area (Å²) in [6.07, 6.45) is 0.602. The fourth-order valence-electron chi connectivity index (χ4n) is 2.36. The van der Waals surface area contributed by atoms with Gasteiger partial charge in [0, 0.05) is 23.9 Å². The SMILES string of the molecule is CCCn1nc(C(=O)O[C@H](C)C(=O)c2ccc(NS(C)(=O)=O)cc2)ccc1=O. The van der Waals surface area contributed by atoms with Crippen LogP contribution in [0.3, 0.4) is 0 Å². The molecule has 0 amide bonds. The van der Waals surface area contributed by atoms with Crippen LogP contribution in [0, 0.1) is 0 Å². The normalized spacial score (nSPS) is 12.2. The van der Waals surface area contributed by atoms with Crippen molar-refractivity contribution in [2.75, 3.05) is 11.0 Å². The topological polar surface area (TPSA) is 124 Å². The van der Waals surface area contributed by atoms with Gasteiger partial charge in [-0.3, -0.25) is 14.3 Å². The average Bonchev–Trinajstić information content (AvgIpc) is 2.62. The fraction of sp³-hybridized carbons (Fsp3) is 0.333. The zero-order valence-electron chi connectivity index (χ0n) is 15.7. The number of rotatable bonds is 8. The molecule has 0 fully saturated rings. The molecule has 2 rings (SSSR count). The molecule has 150 valence electrons. The van der Waals surface area contributed by atoms with Gasteiger partial charge in [0.2, 0.25) is 15.8 Å². The number of Topliss-reactive ketones (excluding diaryl/α,β-unsaturated/α-hetero) is 1. The molecule has 0 radical (unpaired) electrons. The minimum Gasteiger partial charge on any atom is -0.449 e. The van der Waals surface area contributed by atoms with Crippen LogP contribution in [0.1, 0.15) is 41.1 Å². The van der Waals surface area contributed by atoms with E-state index in [-0.39, 0.29) is 16.8 Å². The van der Waals surface area contributed by atoms with Crippen LogP contribution >= 0.6 is 0 Å². The molecule has 0 unspecified atom stereocenters. The summed E-state index contributed by atoms with van der Waals surface area (Å²) < 4.78 is 31.0. The van der Waals surface area contributed by atoms with Gasteiger partial charge in [0.15, 0.2) is 11.8 Å². The smallest absolute Gasteiger partial charge is 0.359 e. The average molecular weight is 407 g/mol. The lowest BCUT2D eigenvalue weighted by molar-refractivity contribution is 0.0310. The predicted molar refractivity (Wildman–Crippen MR) is 103 cm³/mol. The standard InChI is InChI=1S/C18H21N3O6S/c1-4-11-21-16(22)10-9-15(19-21)18(24)27-12(2)17(23)13-5-7-14(8-6-13)20-28(3,25)26/h5-10,12,20H,4,11H2,1-3H3/t12-/m1/s1. The molecule has 0 aliphatic carbocycles. The molecule has 9 nitrogen and oxygen atoms in total. The third-order valence-electron chi connectivity index (χ3n) is 3.64. The highest BCUT2D eigenvalue weighted by Gasteiger charge is 2.21. The molecular weight excluding hydrogens is 386 g/mol. The number of sulfonamides is 1. The van der Waals surface area contributed by atoms with Crippen molar-refractivity contribution in [2.24, 2.45) is 0 Å². The second-order valence-corrected chi connectivity index (χ2v) is 7.89. The molecule has 0 aliphatic rings. The molecule has 0 spiro atoms. The number of nitrogens with one attached hydrogen (secondary N) is 1. The summed E-state index contributed by atoms with van der Waals surface area (Å²) in [6.45, 7) is 3.66. The molecule has 1 atom stereocenters. The first-order valence-corrected chi connectivity index (χ1v) is 10.4. The Morgan fingerprint density at radius 2 is 1.82 bits per heavy atom. The number of hydrogen-bond donors (Lipinski definition) is 1. The molecule has 1 heterocycles. The van der Waals surface area contributed by atoms with E-state index in [1.54, 1.807) is 0 Å². The molecule has 28 heavy (non-hydrogen) atoms. The Bertz CT molecular complexity index is 1030. The second kappa shape index (κ2) is 8.79. The lowest BCUT2D eigenvalue weighted by Gasteiger charge is -2.13. The zero-order valence-corrected chi connectivity index (χ0v) is 16.5. The van der Waals surface area contributed by atoms with Gasteiger partial charge in [-0.15, -0.1) is 0 Å². The van der Waals surface area contributed by atoms with Gasteiger partial charge in [-0.1, -0.05) is 6.92 Å². The molecular formula is C18H21N3O6S. The quantitative estimate of drug-likeness (QED) is 0.519. The van der Waals surface area contributed by atoms with Gasteiger partial charge in [-0.05, 0) is 43.7 Å². The number of aryl methyl sites for hydroxylation is 1. The lowest BCUT2D eigenvalue weighted by atomic mass is 10.1. The van der Waals surface area contributed by atoms with E-state index in [9.17, 15) is 22.8 Å². The second-order valence-electron chi connectivity index (χ2n) is 6.14. The van der Waals surface area contributed by atoms with Crippen LogP contribution in [-0.4, -0.2) is 42.3 Å². The van der Waals surface area contributed by atoms with E-state index in [2.05, 4.69) is 9.82 Å². The number of anilines is 1. The van der Waals surface area contributed by atoms with Gasteiger partial charge < -0.3 is 4.74 Å². The largest absolute Gasteiger partial charge is 0.449 e. The van der Waals surface area contributed by atoms with E-state index < -0.39 is 27.9 Å². The minimum atomic E-state index is -3.42. The summed E-state index contributed by atoms with van der Waals surface area (Å²) in [5.74, 6) is -1.28. The van der Waals surface area contributed by atoms with Crippen molar-refractivity contribution >= 4 is 27.5 Å². The van der Waals surface area contributed by atoms with Crippen molar-refractivity contribution in [3.63, 3.8) is 0 Å². The number of ketones is 1. The first kappa shape index (κ1) is 21.3. The van der Waals surface area contributed by atoms with E-state index in [1.165, 1.54) is 43.3 Å². The monoisotopic (exact) mass is 407 g/mol. The van der Waals surface area contributed by atoms with Crippen LogP contribution in [0.4, 0.5) is 5.69 Å². The number of nitrogens with zero attached hydrogens (tertiary/aromatic N) is 2. The number of carbonyl (C=O) groups is 2. The van der Waals surface area contributed by atoms with Crippen LogP contribution in [0.15, 0.2) is 41.2 Å². The van der Waals surface area contributed by atoms with Gasteiger partial charge in [0.25, 0.3) is 5.56 Å². The molecule has 0 aliphatic heterocycles. The maximum absolute atomic E-state index is 12.4. The number of benzene rings is 1. The Hall–Kier alpha value is -3.01. The van der Waals surface area contributed by atoms with Gasteiger partial charge >= 0.3 is 5.97 Å². The maximum atomic E-state index is 12.4. The first-order chi connectivity index (χ1) is 13.1. The third kappa shape index (κ3) is 5.74. The number of hydrogen-bond acceptors (Lipinski definition) is 7. The maximum Gasteiger partial charge on any atom is 0.359 e. The van der Waals surface area contributed by atoms with Gasteiger partial charge in [-0.25, -0.2) is 17.9 Å². The van der Waals surface area contributed by atoms with Gasteiger partial charge in [0.05, 0.1) is 6.26 Å². The Balaban J connectivity index is 2.08. The van der Waals surface area contributed by atoms with Crippen molar-refractivity contribution in [1.82, 2.24) is 9.78 Å². The van der Waals surface area contributed by atoms with E-state index in [0.29, 0.717) is 18.7 Å². The summed E-state index contributed by atoms with van der Waals surface area (Å²) in [7, 11) is -3.42. The van der Waals surface area contributed by atoms with Crippen LogP contribution in [0.2, 0.25) is 0 Å². The fourth-order valence-corrected chi connectivity index (χ4v) is 2.92. The minimum absolute atomic E-state index is 0.0691. The first-order valence-electron chi connectivity index (χ1n) is 8.52. The highest BCUT2D eigenvalue weighted by molar-refractivity contribution is 7.92. The van der Waals surface area contributed by atoms with Crippen molar-refractivity contribution in [2.45, 2.75) is 32.9 Å². The highest BCUT2D eigenvalue weighted by Crippen LogP contribution is 2.14. The number of esters is 1.